The zero-order valence-electron chi connectivity index (χ0n) is 12.1. The molecule has 23 heavy (non-hydrogen) atoms. The highest BCUT2D eigenvalue weighted by atomic mass is 79.9. The first-order valence-corrected chi connectivity index (χ1v) is 7.96. The molecule has 1 fully saturated rings. The van der Waals surface area contributed by atoms with E-state index in [0.717, 1.165) is 4.47 Å². The number of para-hydroxylation sites is 1. The molecule has 2 aromatic rings. The molecule has 2 unspecified atom stereocenters. The molecule has 0 bridgehead atoms. The fourth-order valence-corrected chi connectivity index (χ4v) is 2.60. The van der Waals surface area contributed by atoms with Crippen LogP contribution >= 0.6 is 15.9 Å². The van der Waals surface area contributed by atoms with Crippen LogP contribution in [0.4, 0.5) is 15.8 Å². The van der Waals surface area contributed by atoms with Crippen LogP contribution in [0.2, 0.25) is 0 Å². The summed E-state index contributed by atoms with van der Waals surface area (Å²) in [6.07, 6.45) is 0.475. The van der Waals surface area contributed by atoms with Gasteiger partial charge in [0.2, 0.25) is 11.8 Å². The van der Waals surface area contributed by atoms with Gasteiger partial charge in [-0.25, -0.2) is 4.39 Å². The minimum Gasteiger partial charge on any atom is -0.326 e. The molecule has 0 spiro atoms. The number of nitrogens with one attached hydrogen (secondary N) is 2. The van der Waals surface area contributed by atoms with Crippen molar-refractivity contribution in [3.63, 3.8) is 0 Å². The summed E-state index contributed by atoms with van der Waals surface area (Å²) in [6, 6.07) is 13.2. The summed E-state index contributed by atoms with van der Waals surface area (Å²) in [5.74, 6) is -1.79. The molecule has 2 atom stereocenters. The minimum absolute atomic E-state index is 0.136. The van der Waals surface area contributed by atoms with Gasteiger partial charge in [0.1, 0.15) is 5.82 Å². The van der Waals surface area contributed by atoms with Gasteiger partial charge in [-0.05, 0) is 42.8 Å². The summed E-state index contributed by atoms with van der Waals surface area (Å²) >= 11 is 3.32. The predicted octanol–water partition coefficient (Wildman–Crippen LogP) is 3.80. The summed E-state index contributed by atoms with van der Waals surface area (Å²) in [5.41, 5.74) is 0.815. The molecular formula is C17H14BrFN2O2. The van der Waals surface area contributed by atoms with Crippen LogP contribution in [-0.4, -0.2) is 11.8 Å². The third-order valence-electron chi connectivity index (χ3n) is 3.71. The van der Waals surface area contributed by atoms with E-state index in [4.69, 9.17) is 0 Å². The molecule has 6 heteroatoms. The number of hydrogen-bond donors (Lipinski definition) is 2. The molecule has 0 aliphatic heterocycles. The van der Waals surface area contributed by atoms with Crippen molar-refractivity contribution in [2.45, 2.75) is 6.42 Å². The highest BCUT2D eigenvalue weighted by Crippen LogP contribution is 2.40. The van der Waals surface area contributed by atoms with Gasteiger partial charge in [-0.15, -0.1) is 0 Å². The second-order valence-corrected chi connectivity index (χ2v) is 6.33. The Balaban J connectivity index is 1.56. The van der Waals surface area contributed by atoms with E-state index >= 15 is 0 Å². The van der Waals surface area contributed by atoms with E-state index in [1.165, 1.54) is 12.1 Å². The lowest BCUT2D eigenvalue weighted by Gasteiger charge is -2.07. The van der Waals surface area contributed by atoms with Crippen molar-refractivity contribution in [3.05, 3.63) is 58.8 Å². The van der Waals surface area contributed by atoms with Crippen LogP contribution in [0.3, 0.4) is 0 Å². The summed E-state index contributed by atoms with van der Waals surface area (Å²) in [6.45, 7) is 0. The summed E-state index contributed by atoms with van der Waals surface area (Å²) < 4.78 is 14.4. The molecule has 1 saturated carbocycles. The molecule has 1 aliphatic rings. The molecule has 4 nitrogen and oxygen atoms in total. The Bertz CT molecular complexity index is 749. The van der Waals surface area contributed by atoms with E-state index in [-0.39, 0.29) is 23.4 Å². The molecule has 2 aromatic carbocycles. The average Bonchev–Trinajstić information content (AvgIpc) is 3.32. The molecular weight excluding hydrogens is 363 g/mol. The Kier molecular flexibility index (Phi) is 4.43. The minimum atomic E-state index is -0.489. The molecule has 2 amide bonds. The molecule has 118 valence electrons. The van der Waals surface area contributed by atoms with Crippen LogP contribution in [0, 0.1) is 17.7 Å². The van der Waals surface area contributed by atoms with E-state index in [1.54, 1.807) is 24.3 Å². The highest BCUT2D eigenvalue weighted by molar-refractivity contribution is 9.10. The first kappa shape index (κ1) is 15.7. The Hall–Kier alpha value is -2.21. The monoisotopic (exact) mass is 376 g/mol. The second kappa shape index (κ2) is 6.50. The van der Waals surface area contributed by atoms with E-state index in [9.17, 15) is 14.0 Å². The van der Waals surface area contributed by atoms with Crippen LogP contribution in [0.5, 0.6) is 0 Å². The van der Waals surface area contributed by atoms with Gasteiger partial charge in [-0.3, -0.25) is 9.59 Å². The molecule has 0 radical (unpaired) electrons. The van der Waals surface area contributed by atoms with E-state index in [0.29, 0.717) is 12.1 Å². The quantitative estimate of drug-likeness (QED) is 0.852. The van der Waals surface area contributed by atoms with E-state index < -0.39 is 11.7 Å². The number of halogens is 2. The first-order chi connectivity index (χ1) is 11.0. The van der Waals surface area contributed by atoms with Gasteiger partial charge in [0.05, 0.1) is 17.5 Å². The van der Waals surface area contributed by atoms with Gasteiger partial charge in [-0.1, -0.05) is 28.1 Å². The first-order valence-electron chi connectivity index (χ1n) is 7.16. The number of benzene rings is 2. The number of rotatable bonds is 4. The molecule has 0 heterocycles. The Morgan fingerprint density at radius 3 is 2.22 bits per heavy atom. The maximum absolute atomic E-state index is 13.5. The highest BCUT2D eigenvalue weighted by Gasteiger charge is 2.48. The van der Waals surface area contributed by atoms with Crippen LogP contribution in [-0.2, 0) is 9.59 Å². The van der Waals surface area contributed by atoms with Crippen molar-refractivity contribution in [2.24, 2.45) is 11.8 Å². The summed E-state index contributed by atoms with van der Waals surface area (Å²) in [5, 5.41) is 5.31. The normalized spacial score (nSPS) is 19.0. The Labute approximate surface area is 141 Å². The van der Waals surface area contributed by atoms with Crippen molar-refractivity contribution in [1.82, 2.24) is 0 Å². The molecule has 2 N–H and O–H groups in total. The third kappa shape index (κ3) is 3.76. The smallest absolute Gasteiger partial charge is 0.228 e. The lowest BCUT2D eigenvalue weighted by molar-refractivity contribution is -0.122. The zero-order valence-corrected chi connectivity index (χ0v) is 13.6. The van der Waals surface area contributed by atoms with Gasteiger partial charge in [0.15, 0.2) is 0 Å². The second-order valence-electron chi connectivity index (χ2n) is 5.41. The fraction of sp³-hybridized carbons (Fsp3) is 0.176. The molecule has 3 rings (SSSR count). The standard InChI is InChI=1S/C17H14BrFN2O2/c18-10-5-7-11(8-6-10)20-16(22)12-9-13(12)17(23)21-15-4-2-1-3-14(15)19/h1-8,12-13H,9H2,(H,20,22)(H,21,23). The Morgan fingerprint density at radius 1 is 0.957 bits per heavy atom. The lowest BCUT2D eigenvalue weighted by atomic mass is 10.2. The van der Waals surface area contributed by atoms with E-state index in [2.05, 4.69) is 26.6 Å². The number of hydrogen-bond acceptors (Lipinski definition) is 2. The SMILES string of the molecule is O=C(Nc1ccc(Br)cc1)C1CC1C(=O)Nc1ccccc1F. The van der Waals surface area contributed by atoms with Gasteiger partial charge in [0.25, 0.3) is 0 Å². The average molecular weight is 377 g/mol. The van der Waals surface area contributed by atoms with Crippen LogP contribution in [0.1, 0.15) is 6.42 Å². The number of carbonyl (C=O) groups excluding carboxylic acids is 2. The summed E-state index contributed by atoms with van der Waals surface area (Å²) in [7, 11) is 0. The van der Waals surface area contributed by atoms with Crippen LogP contribution in [0.15, 0.2) is 53.0 Å². The van der Waals surface area contributed by atoms with Crippen molar-refractivity contribution in [3.8, 4) is 0 Å². The largest absolute Gasteiger partial charge is 0.326 e. The molecule has 0 saturated heterocycles. The van der Waals surface area contributed by atoms with Gasteiger partial charge >= 0.3 is 0 Å². The van der Waals surface area contributed by atoms with E-state index in [1.807, 2.05) is 12.1 Å². The van der Waals surface area contributed by atoms with Crippen molar-refractivity contribution >= 4 is 39.1 Å². The number of anilines is 2. The number of carbonyl (C=O) groups is 2. The summed E-state index contributed by atoms with van der Waals surface area (Å²) in [4.78, 5) is 24.2. The molecule has 1 aliphatic carbocycles. The van der Waals surface area contributed by atoms with Gasteiger partial charge in [-0.2, -0.15) is 0 Å². The number of amides is 2. The lowest BCUT2D eigenvalue weighted by Crippen LogP contribution is -2.20. The van der Waals surface area contributed by atoms with Crippen molar-refractivity contribution < 1.29 is 14.0 Å². The predicted molar refractivity (Wildman–Crippen MR) is 89.4 cm³/mol. The van der Waals surface area contributed by atoms with Gasteiger partial charge in [0, 0.05) is 10.2 Å². The fourth-order valence-electron chi connectivity index (χ4n) is 2.33. The van der Waals surface area contributed by atoms with Crippen LogP contribution in [0.25, 0.3) is 0 Å². The topological polar surface area (TPSA) is 58.2 Å². The Morgan fingerprint density at radius 2 is 1.57 bits per heavy atom. The third-order valence-corrected chi connectivity index (χ3v) is 4.24. The maximum Gasteiger partial charge on any atom is 0.228 e. The van der Waals surface area contributed by atoms with Crippen molar-refractivity contribution in [1.29, 1.82) is 0 Å². The van der Waals surface area contributed by atoms with Gasteiger partial charge < -0.3 is 10.6 Å². The maximum atomic E-state index is 13.5. The van der Waals surface area contributed by atoms with Crippen LogP contribution < -0.4 is 10.6 Å². The zero-order chi connectivity index (χ0) is 16.4. The molecule has 0 aromatic heterocycles. The van der Waals surface area contributed by atoms with Crippen molar-refractivity contribution in [2.75, 3.05) is 10.6 Å².